The highest BCUT2D eigenvalue weighted by atomic mass is 127. The van der Waals surface area contributed by atoms with Crippen LogP contribution in [0.25, 0.3) is 6.08 Å². The van der Waals surface area contributed by atoms with Gasteiger partial charge in [-0.1, -0.05) is 17.7 Å². The first-order chi connectivity index (χ1) is 12.8. The van der Waals surface area contributed by atoms with Gasteiger partial charge in [-0.3, -0.25) is 9.69 Å². The minimum atomic E-state index is -0.0888. The number of aryl methyl sites for hydroxylation is 1. The molecule has 1 aliphatic rings. The summed E-state index contributed by atoms with van der Waals surface area (Å²) >= 11 is 5.64. The number of hydrogen-bond donors (Lipinski definition) is 1. The third-order valence-electron chi connectivity index (χ3n) is 3.96. The van der Waals surface area contributed by atoms with Crippen molar-refractivity contribution in [2.24, 2.45) is 4.99 Å². The fourth-order valence-corrected chi connectivity index (χ4v) is 5.59. The predicted molar refractivity (Wildman–Crippen MR) is 129 cm³/mol. The van der Waals surface area contributed by atoms with E-state index in [4.69, 9.17) is 0 Å². The summed E-state index contributed by atoms with van der Waals surface area (Å²) in [4.78, 5) is 19.9. The lowest BCUT2D eigenvalue weighted by atomic mass is 10.2. The molecule has 2 aromatic rings. The van der Waals surface area contributed by atoms with Gasteiger partial charge in [0.05, 0.1) is 14.2 Å². The van der Waals surface area contributed by atoms with Crippen LogP contribution in [0.15, 0.2) is 46.3 Å². The zero-order chi connectivity index (χ0) is 19.7. The molecule has 1 N–H and O–H groups in total. The standard InChI is InChI=1S/C20H18I2N2O2S/c1-11(2)24-19(26)17(9-13-8-14(21)10-16(22)18(13)25)27-20(24)23-15-6-4-12(3)5-7-15/h4-11,25H,1-3H3/b17-9+,23-20?. The van der Waals surface area contributed by atoms with Gasteiger partial charge in [0, 0.05) is 15.2 Å². The van der Waals surface area contributed by atoms with E-state index in [2.05, 4.69) is 50.2 Å². The third-order valence-corrected chi connectivity index (χ3v) is 6.38. The van der Waals surface area contributed by atoms with Crippen LogP contribution >= 0.6 is 56.9 Å². The second-order valence-electron chi connectivity index (χ2n) is 6.43. The topological polar surface area (TPSA) is 52.9 Å². The van der Waals surface area contributed by atoms with E-state index in [1.807, 2.05) is 57.2 Å². The molecule has 0 unspecified atom stereocenters. The molecule has 0 bridgehead atoms. The summed E-state index contributed by atoms with van der Waals surface area (Å²) < 4.78 is 1.77. The van der Waals surface area contributed by atoms with E-state index in [0.29, 0.717) is 15.6 Å². The second-order valence-corrected chi connectivity index (χ2v) is 9.85. The molecule has 0 atom stereocenters. The summed E-state index contributed by atoms with van der Waals surface area (Å²) in [6, 6.07) is 11.7. The van der Waals surface area contributed by atoms with Gasteiger partial charge in [-0.2, -0.15) is 0 Å². The number of benzene rings is 2. The van der Waals surface area contributed by atoms with Gasteiger partial charge in [-0.15, -0.1) is 0 Å². The van der Waals surface area contributed by atoms with Crippen LogP contribution in [0.4, 0.5) is 5.69 Å². The van der Waals surface area contributed by atoms with Crippen molar-refractivity contribution in [3.05, 3.63) is 59.6 Å². The molecule has 1 fully saturated rings. The van der Waals surface area contributed by atoms with Crippen molar-refractivity contribution >= 4 is 79.8 Å². The van der Waals surface area contributed by atoms with Crippen LogP contribution in [0.1, 0.15) is 25.0 Å². The van der Waals surface area contributed by atoms with Gasteiger partial charge in [0.1, 0.15) is 5.75 Å². The number of hydrogen-bond acceptors (Lipinski definition) is 4. The highest BCUT2D eigenvalue weighted by Gasteiger charge is 2.35. The molecule has 0 spiro atoms. The van der Waals surface area contributed by atoms with E-state index in [1.165, 1.54) is 17.3 Å². The molecule has 1 heterocycles. The summed E-state index contributed by atoms with van der Waals surface area (Å²) in [5.74, 6) is 0.103. The van der Waals surface area contributed by atoms with E-state index in [9.17, 15) is 9.90 Å². The Labute approximate surface area is 190 Å². The maximum absolute atomic E-state index is 13.0. The molecule has 7 heteroatoms. The Balaban J connectivity index is 2.02. The molecule has 4 nitrogen and oxygen atoms in total. The summed E-state index contributed by atoms with van der Waals surface area (Å²) in [5.41, 5.74) is 2.62. The van der Waals surface area contributed by atoms with Gasteiger partial charge >= 0.3 is 0 Å². The monoisotopic (exact) mass is 604 g/mol. The quantitative estimate of drug-likeness (QED) is 0.350. The van der Waals surface area contributed by atoms with E-state index in [1.54, 1.807) is 11.0 Å². The molecule has 1 saturated heterocycles. The second kappa shape index (κ2) is 8.52. The fraction of sp³-hybridized carbons (Fsp3) is 0.200. The molecule has 1 amide bonds. The highest BCUT2D eigenvalue weighted by molar-refractivity contribution is 14.1. The first-order valence-electron chi connectivity index (χ1n) is 8.32. The number of amides is 1. The zero-order valence-electron chi connectivity index (χ0n) is 15.0. The Bertz CT molecular complexity index is 953. The Kier molecular flexibility index (Phi) is 6.52. The van der Waals surface area contributed by atoms with E-state index < -0.39 is 0 Å². The summed E-state index contributed by atoms with van der Waals surface area (Å²) in [6.07, 6.45) is 1.75. The molecule has 0 radical (unpaired) electrons. The lowest BCUT2D eigenvalue weighted by Crippen LogP contribution is -2.35. The molecule has 0 saturated carbocycles. The number of carbonyl (C=O) groups excluding carboxylic acids is 1. The molecule has 140 valence electrons. The lowest BCUT2D eigenvalue weighted by molar-refractivity contribution is -0.123. The number of phenols is 1. The normalized spacial score (nSPS) is 17.6. The molecular weight excluding hydrogens is 586 g/mol. The van der Waals surface area contributed by atoms with Gasteiger partial charge in [0.2, 0.25) is 0 Å². The molecule has 0 aromatic heterocycles. The molecular formula is C20H18I2N2O2S. The smallest absolute Gasteiger partial charge is 0.266 e. The van der Waals surface area contributed by atoms with Gasteiger partial charge in [-0.05, 0) is 108 Å². The number of aliphatic imine (C=N–C) groups is 1. The van der Waals surface area contributed by atoms with E-state index >= 15 is 0 Å². The minimum absolute atomic E-state index is 0.00950. The number of carbonyl (C=O) groups is 1. The van der Waals surface area contributed by atoms with Crippen LogP contribution in [0.2, 0.25) is 0 Å². The Morgan fingerprint density at radius 1 is 1.19 bits per heavy atom. The minimum Gasteiger partial charge on any atom is -0.506 e. The van der Waals surface area contributed by atoms with Crippen LogP contribution in [-0.2, 0) is 4.79 Å². The number of aromatic hydroxyl groups is 1. The van der Waals surface area contributed by atoms with Gasteiger partial charge in [-0.25, -0.2) is 4.99 Å². The molecule has 1 aliphatic heterocycles. The Hall–Kier alpha value is -1.07. The lowest BCUT2D eigenvalue weighted by Gasteiger charge is -2.19. The first-order valence-corrected chi connectivity index (χ1v) is 11.3. The Morgan fingerprint density at radius 2 is 1.85 bits per heavy atom. The van der Waals surface area contributed by atoms with Crippen molar-refractivity contribution in [2.75, 3.05) is 0 Å². The van der Waals surface area contributed by atoms with Crippen molar-refractivity contribution in [1.82, 2.24) is 4.90 Å². The van der Waals surface area contributed by atoms with Crippen LogP contribution in [-0.4, -0.2) is 27.1 Å². The Morgan fingerprint density at radius 3 is 2.48 bits per heavy atom. The van der Waals surface area contributed by atoms with Crippen molar-refractivity contribution in [2.45, 2.75) is 26.8 Å². The van der Waals surface area contributed by atoms with Crippen molar-refractivity contribution in [3.63, 3.8) is 0 Å². The maximum Gasteiger partial charge on any atom is 0.266 e. The zero-order valence-corrected chi connectivity index (χ0v) is 20.2. The molecule has 2 aromatic carbocycles. The number of amidine groups is 1. The average Bonchev–Trinajstić information content (AvgIpc) is 2.89. The predicted octanol–water partition coefficient (Wildman–Crippen LogP) is 5.92. The SMILES string of the molecule is Cc1ccc(N=C2S/C(=C/c3cc(I)cc(I)c3O)C(=O)N2C(C)C)cc1. The van der Waals surface area contributed by atoms with Crippen molar-refractivity contribution < 1.29 is 9.90 Å². The third kappa shape index (κ3) is 4.68. The van der Waals surface area contributed by atoms with Crippen molar-refractivity contribution in [1.29, 1.82) is 0 Å². The molecule has 3 rings (SSSR count). The fourth-order valence-electron chi connectivity index (χ4n) is 2.59. The van der Waals surface area contributed by atoms with Crippen LogP contribution in [0, 0.1) is 14.1 Å². The largest absolute Gasteiger partial charge is 0.506 e. The summed E-state index contributed by atoms with van der Waals surface area (Å²) in [6.45, 7) is 5.97. The maximum atomic E-state index is 13.0. The van der Waals surface area contributed by atoms with Crippen molar-refractivity contribution in [3.8, 4) is 5.75 Å². The highest BCUT2D eigenvalue weighted by Crippen LogP contribution is 2.37. The number of thioether (sulfide) groups is 1. The van der Waals surface area contributed by atoms with Crippen LogP contribution in [0.3, 0.4) is 0 Å². The van der Waals surface area contributed by atoms with Gasteiger partial charge in [0.15, 0.2) is 5.17 Å². The summed E-state index contributed by atoms with van der Waals surface area (Å²) in [7, 11) is 0. The van der Waals surface area contributed by atoms with Crippen LogP contribution in [0.5, 0.6) is 5.75 Å². The number of phenolic OH excluding ortho intramolecular Hbond substituents is 1. The number of nitrogens with zero attached hydrogens (tertiary/aromatic N) is 2. The first kappa shape index (κ1) is 20.7. The van der Waals surface area contributed by atoms with E-state index in [0.717, 1.165) is 12.8 Å². The van der Waals surface area contributed by atoms with Gasteiger partial charge in [0.25, 0.3) is 5.91 Å². The molecule has 27 heavy (non-hydrogen) atoms. The summed E-state index contributed by atoms with van der Waals surface area (Å²) in [5, 5.41) is 11.0. The molecule has 0 aliphatic carbocycles. The number of halogens is 2. The van der Waals surface area contributed by atoms with Gasteiger partial charge < -0.3 is 5.11 Å². The number of rotatable bonds is 3. The van der Waals surface area contributed by atoms with Crippen LogP contribution < -0.4 is 0 Å². The average molecular weight is 604 g/mol. The van der Waals surface area contributed by atoms with E-state index in [-0.39, 0.29) is 17.7 Å².